The van der Waals surface area contributed by atoms with Crippen LogP contribution in [0.15, 0.2) is 41.1 Å². The zero-order valence-electron chi connectivity index (χ0n) is 13.8. The molecular weight excluding hydrogens is 429 g/mol. The first kappa shape index (κ1) is 19.1. The predicted octanol–water partition coefficient (Wildman–Crippen LogP) is 3.14. The Morgan fingerprint density at radius 1 is 1.19 bits per heavy atom. The molecule has 0 aliphatic carbocycles. The number of hydrogen-bond acceptors (Lipinski definition) is 5. The highest BCUT2D eigenvalue weighted by Gasteiger charge is 2.34. The minimum Gasteiger partial charge on any atom is -0.370 e. The number of aromatic nitrogens is 4. The van der Waals surface area contributed by atoms with Gasteiger partial charge in [0.05, 0.1) is 0 Å². The number of carbonyl (C=O) groups excluding carboxylic acids is 1. The quantitative estimate of drug-likeness (QED) is 0.572. The van der Waals surface area contributed by atoms with E-state index in [1.54, 1.807) is 24.3 Å². The average molecular weight is 443 g/mol. The first-order chi connectivity index (χ1) is 12.8. The summed E-state index contributed by atoms with van der Waals surface area (Å²) in [6.07, 6.45) is -2.95. The van der Waals surface area contributed by atoms with Crippen LogP contribution in [0.3, 0.4) is 0 Å². The van der Waals surface area contributed by atoms with Gasteiger partial charge in [-0.05, 0) is 30.7 Å². The number of halogens is 4. The summed E-state index contributed by atoms with van der Waals surface area (Å²) >= 11 is 3.30. The molecule has 0 saturated carbocycles. The van der Waals surface area contributed by atoms with Crippen LogP contribution in [0.5, 0.6) is 0 Å². The lowest BCUT2D eigenvalue weighted by atomic mass is 10.2. The van der Waals surface area contributed by atoms with E-state index in [4.69, 9.17) is 0 Å². The maximum atomic E-state index is 12.9. The average Bonchev–Trinajstić information content (AvgIpc) is 3.09. The molecule has 11 heteroatoms. The van der Waals surface area contributed by atoms with Gasteiger partial charge in [0.25, 0.3) is 11.7 Å². The summed E-state index contributed by atoms with van der Waals surface area (Å²) in [7, 11) is 0. The minimum atomic E-state index is -4.58. The monoisotopic (exact) mass is 442 g/mol. The molecule has 0 saturated heterocycles. The molecule has 7 nitrogen and oxygen atoms in total. The molecule has 1 aromatic carbocycles. The van der Waals surface area contributed by atoms with Crippen molar-refractivity contribution in [3.8, 4) is 0 Å². The topological polar surface area (TPSA) is 84.2 Å². The molecule has 3 rings (SSSR count). The normalized spacial score (nSPS) is 11.6. The fourth-order valence-corrected chi connectivity index (χ4v) is 2.56. The molecule has 0 fully saturated rings. The lowest BCUT2D eigenvalue weighted by molar-refractivity contribution is -0.141. The summed E-state index contributed by atoms with van der Waals surface area (Å²) in [5.74, 6) is -0.232. The molecule has 142 valence electrons. The van der Waals surface area contributed by atoms with Crippen LogP contribution >= 0.6 is 15.9 Å². The van der Waals surface area contributed by atoms with Crippen LogP contribution in [-0.2, 0) is 6.18 Å². The molecule has 27 heavy (non-hydrogen) atoms. The van der Waals surface area contributed by atoms with Crippen LogP contribution < -0.4 is 10.6 Å². The number of nitrogens with one attached hydrogen (secondary N) is 2. The van der Waals surface area contributed by atoms with Crippen LogP contribution in [0.4, 0.5) is 19.0 Å². The molecule has 2 aromatic heterocycles. The molecule has 0 unspecified atom stereocenters. The van der Waals surface area contributed by atoms with Gasteiger partial charge in [-0.2, -0.15) is 27.8 Å². The Balaban J connectivity index is 1.55. The zero-order chi connectivity index (χ0) is 19.4. The number of amides is 1. The van der Waals surface area contributed by atoms with Gasteiger partial charge in [0.2, 0.25) is 0 Å². The molecule has 0 radical (unpaired) electrons. The summed E-state index contributed by atoms with van der Waals surface area (Å²) in [6, 6.07) is 7.79. The van der Waals surface area contributed by atoms with Crippen molar-refractivity contribution >= 4 is 33.4 Å². The number of alkyl halides is 3. The molecule has 0 aliphatic heterocycles. The zero-order valence-corrected chi connectivity index (χ0v) is 15.4. The Bertz CT molecular complexity index is 941. The maximum Gasteiger partial charge on any atom is 0.433 e. The van der Waals surface area contributed by atoms with Gasteiger partial charge in [-0.15, -0.1) is 0 Å². The van der Waals surface area contributed by atoms with Crippen LogP contribution in [0.2, 0.25) is 0 Å². The first-order valence-electron chi connectivity index (χ1n) is 7.90. The SMILES string of the molecule is O=C(NCCCNc1cc(C(F)(F)F)nc2ncnn12)c1ccc(Br)cc1. The Hall–Kier alpha value is -2.69. The van der Waals surface area contributed by atoms with Crippen molar-refractivity contribution in [2.75, 3.05) is 18.4 Å². The van der Waals surface area contributed by atoms with Crippen molar-refractivity contribution in [2.24, 2.45) is 0 Å². The molecular formula is C16H14BrF3N6O. The maximum absolute atomic E-state index is 12.9. The second-order valence-electron chi connectivity index (χ2n) is 5.54. The highest BCUT2D eigenvalue weighted by Crippen LogP contribution is 2.29. The minimum absolute atomic E-state index is 0.129. The van der Waals surface area contributed by atoms with Gasteiger partial charge in [-0.1, -0.05) is 15.9 Å². The summed E-state index contributed by atoms with van der Waals surface area (Å²) in [6.45, 7) is 0.691. The van der Waals surface area contributed by atoms with Crippen molar-refractivity contribution in [2.45, 2.75) is 12.6 Å². The fourth-order valence-electron chi connectivity index (χ4n) is 2.29. The first-order valence-corrected chi connectivity index (χ1v) is 8.69. The summed E-state index contributed by atoms with van der Waals surface area (Å²) < 4.78 is 40.8. The van der Waals surface area contributed by atoms with Gasteiger partial charge in [-0.3, -0.25) is 4.79 Å². The Kier molecular flexibility index (Phi) is 5.59. The van der Waals surface area contributed by atoms with Gasteiger partial charge in [0.1, 0.15) is 12.1 Å². The third kappa shape index (κ3) is 4.73. The molecule has 0 aliphatic rings. The molecule has 0 atom stereocenters. The Labute approximate surface area is 160 Å². The Morgan fingerprint density at radius 2 is 1.93 bits per heavy atom. The smallest absolute Gasteiger partial charge is 0.370 e. The second-order valence-corrected chi connectivity index (χ2v) is 6.46. The third-order valence-corrected chi connectivity index (χ3v) is 4.12. The van der Waals surface area contributed by atoms with Crippen molar-refractivity contribution < 1.29 is 18.0 Å². The van der Waals surface area contributed by atoms with Gasteiger partial charge in [0.15, 0.2) is 5.69 Å². The highest BCUT2D eigenvalue weighted by atomic mass is 79.9. The third-order valence-electron chi connectivity index (χ3n) is 3.59. The van der Waals surface area contributed by atoms with Crippen molar-refractivity contribution in [1.82, 2.24) is 24.9 Å². The van der Waals surface area contributed by atoms with E-state index in [-0.39, 0.29) is 17.5 Å². The second kappa shape index (κ2) is 7.91. The van der Waals surface area contributed by atoms with E-state index in [1.807, 2.05) is 0 Å². The lowest BCUT2D eigenvalue weighted by Gasteiger charge is -2.11. The van der Waals surface area contributed by atoms with E-state index in [2.05, 4.69) is 41.6 Å². The largest absolute Gasteiger partial charge is 0.433 e. The van der Waals surface area contributed by atoms with Crippen LogP contribution in [0.25, 0.3) is 5.78 Å². The fraction of sp³-hybridized carbons (Fsp3) is 0.250. The molecule has 3 aromatic rings. The van der Waals surface area contributed by atoms with E-state index in [1.165, 1.54) is 4.52 Å². The summed E-state index contributed by atoms with van der Waals surface area (Å²) in [5, 5.41) is 9.48. The van der Waals surface area contributed by atoms with Crippen molar-refractivity contribution in [3.63, 3.8) is 0 Å². The van der Waals surface area contributed by atoms with Crippen molar-refractivity contribution in [1.29, 1.82) is 0 Å². The van der Waals surface area contributed by atoms with Gasteiger partial charge in [0, 0.05) is 29.2 Å². The number of anilines is 1. The molecule has 2 heterocycles. The van der Waals surface area contributed by atoms with E-state index >= 15 is 0 Å². The number of hydrogen-bond donors (Lipinski definition) is 2. The lowest BCUT2D eigenvalue weighted by Crippen LogP contribution is -2.26. The summed E-state index contributed by atoms with van der Waals surface area (Å²) in [4.78, 5) is 19.1. The van der Waals surface area contributed by atoms with Gasteiger partial charge < -0.3 is 10.6 Å². The number of benzene rings is 1. The van der Waals surface area contributed by atoms with Gasteiger partial charge >= 0.3 is 6.18 Å². The number of carbonyl (C=O) groups is 1. The van der Waals surface area contributed by atoms with Crippen LogP contribution in [0.1, 0.15) is 22.5 Å². The molecule has 0 bridgehead atoms. The number of rotatable bonds is 6. The Morgan fingerprint density at radius 3 is 2.63 bits per heavy atom. The highest BCUT2D eigenvalue weighted by molar-refractivity contribution is 9.10. The predicted molar refractivity (Wildman–Crippen MR) is 95.4 cm³/mol. The van der Waals surface area contributed by atoms with E-state index in [0.29, 0.717) is 25.1 Å². The van der Waals surface area contributed by atoms with E-state index in [9.17, 15) is 18.0 Å². The van der Waals surface area contributed by atoms with E-state index in [0.717, 1.165) is 16.9 Å². The number of nitrogens with zero attached hydrogens (tertiary/aromatic N) is 4. The van der Waals surface area contributed by atoms with Gasteiger partial charge in [-0.25, -0.2) is 4.98 Å². The van der Waals surface area contributed by atoms with Crippen LogP contribution in [0, 0.1) is 0 Å². The van der Waals surface area contributed by atoms with E-state index < -0.39 is 11.9 Å². The molecule has 1 amide bonds. The summed E-state index contributed by atoms with van der Waals surface area (Å²) in [5.41, 5.74) is -0.520. The standard InChI is InChI=1S/C16H14BrF3N6O/c17-11-4-2-10(3-5-11)14(27)22-7-1-6-21-13-8-12(16(18,19)20)25-15-23-9-24-26(13)15/h2-5,8-9,21H,1,6-7H2,(H,22,27). The molecule has 0 spiro atoms. The van der Waals surface area contributed by atoms with Crippen LogP contribution in [-0.4, -0.2) is 38.6 Å². The number of fused-ring (bicyclic) bond motifs is 1. The molecule has 2 N–H and O–H groups in total. The van der Waals surface area contributed by atoms with Crippen molar-refractivity contribution in [3.05, 3.63) is 52.4 Å².